The van der Waals surface area contributed by atoms with E-state index in [-0.39, 0.29) is 17.4 Å². The molecule has 2 aromatic carbocycles. The maximum atomic E-state index is 12.6. The van der Waals surface area contributed by atoms with E-state index in [0.717, 1.165) is 5.56 Å². The quantitative estimate of drug-likeness (QED) is 0.895. The third-order valence-corrected chi connectivity index (χ3v) is 5.77. The molecule has 0 saturated carbocycles. The first-order chi connectivity index (χ1) is 12.1. The van der Waals surface area contributed by atoms with Gasteiger partial charge in [0.25, 0.3) is 10.0 Å². The number of carbonyl (C=O) groups is 1. The fourth-order valence-corrected chi connectivity index (χ4v) is 3.83. The number of nitrogens with one attached hydrogen (secondary N) is 1. The molecule has 0 aromatic heterocycles. The van der Waals surface area contributed by atoms with E-state index >= 15 is 0 Å². The molecule has 0 unspecified atom stereocenters. The minimum absolute atomic E-state index is 0.0882. The summed E-state index contributed by atoms with van der Waals surface area (Å²) in [6, 6.07) is 11.5. The van der Waals surface area contributed by atoms with Crippen LogP contribution >= 0.6 is 0 Å². The molecule has 0 radical (unpaired) electrons. The summed E-state index contributed by atoms with van der Waals surface area (Å²) in [7, 11) is -2.05. The Morgan fingerprint density at radius 3 is 2.42 bits per heavy atom. The third kappa shape index (κ3) is 3.39. The van der Waals surface area contributed by atoms with Crippen LogP contribution in [-0.2, 0) is 14.8 Å². The fourth-order valence-electron chi connectivity index (χ4n) is 2.78. The van der Waals surface area contributed by atoms with Gasteiger partial charge in [0.1, 0.15) is 12.4 Å². The first-order valence-corrected chi connectivity index (χ1v) is 9.73. The lowest BCUT2D eigenvalue weighted by atomic mass is 9.93. The van der Waals surface area contributed by atoms with E-state index in [0.29, 0.717) is 17.1 Å². The van der Waals surface area contributed by atoms with E-state index in [1.165, 1.54) is 4.90 Å². The van der Waals surface area contributed by atoms with Crippen LogP contribution in [0.25, 0.3) is 0 Å². The molecule has 0 bridgehead atoms. The van der Waals surface area contributed by atoms with Gasteiger partial charge >= 0.3 is 0 Å². The lowest BCUT2D eigenvalue weighted by molar-refractivity contribution is -0.127. The second-order valence-corrected chi connectivity index (χ2v) is 8.82. The molecule has 138 valence electrons. The zero-order valence-electron chi connectivity index (χ0n) is 15.2. The summed E-state index contributed by atoms with van der Waals surface area (Å²) in [5, 5.41) is 0. The zero-order chi connectivity index (χ0) is 19.1. The minimum atomic E-state index is -3.71. The lowest BCUT2D eigenvalue weighted by Gasteiger charge is -2.24. The molecule has 1 amide bonds. The summed E-state index contributed by atoms with van der Waals surface area (Å²) in [4.78, 5) is 14.3. The van der Waals surface area contributed by atoms with Crippen LogP contribution in [-0.4, -0.2) is 28.0 Å². The zero-order valence-corrected chi connectivity index (χ0v) is 16.1. The van der Waals surface area contributed by atoms with Crippen molar-refractivity contribution in [3.05, 3.63) is 48.0 Å². The largest absolute Gasteiger partial charge is 0.490 e. The summed E-state index contributed by atoms with van der Waals surface area (Å²) in [6.45, 7) is 5.79. The van der Waals surface area contributed by atoms with Gasteiger partial charge in [-0.05, 0) is 51.1 Å². The number of benzene rings is 2. The van der Waals surface area contributed by atoms with E-state index in [1.54, 1.807) is 49.5 Å². The number of sulfonamides is 1. The van der Waals surface area contributed by atoms with Gasteiger partial charge in [0, 0.05) is 7.05 Å². The van der Waals surface area contributed by atoms with Crippen molar-refractivity contribution in [2.45, 2.75) is 25.7 Å². The highest BCUT2D eigenvalue weighted by Crippen LogP contribution is 2.37. The van der Waals surface area contributed by atoms with Crippen molar-refractivity contribution in [3.63, 3.8) is 0 Å². The maximum Gasteiger partial charge on any atom is 0.261 e. The highest BCUT2D eigenvalue weighted by atomic mass is 32.2. The molecular formula is C19H22N2O4S. The second-order valence-electron chi connectivity index (χ2n) is 7.14. The molecule has 0 aliphatic carbocycles. The van der Waals surface area contributed by atoms with Crippen LogP contribution in [0, 0.1) is 12.3 Å². The van der Waals surface area contributed by atoms with Crippen molar-refractivity contribution < 1.29 is 17.9 Å². The molecule has 0 saturated heterocycles. The van der Waals surface area contributed by atoms with Crippen molar-refractivity contribution in [3.8, 4) is 5.75 Å². The fraction of sp³-hybridized carbons (Fsp3) is 0.316. The second kappa shape index (κ2) is 6.32. The minimum Gasteiger partial charge on any atom is -0.490 e. The van der Waals surface area contributed by atoms with E-state index in [4.69, 9.17) is 4.74 Å². The Balaban J connectivity index is 1.93. The number of nitrogens with zero attached hydrogens (tertiary/aromatic N) is 1. The molecule has 0 spiro atoms. The molecule has 6 nitrogen and oxygen atoms in total. The number of fused-ring (bicyclic) bond motifs is 1. The Morgan fingerprint density at radius 1 is 1.12 bits per heavy atom. The number of aryl methyl sites for hydroxylation is 1. The van der Waals surface area contributed by atoms with Crippen LogP contribution in [0.4, 0.5) is 11.4 Å². The standard InChI is InChI=1S/C19H22N2O4S/c1-13-5-8-15(9-6-13)26(23,24)20-14-7-10-17-16(11-14)21(4)18(22)19(2,3)12-25-17/h5-11,20H,12H2,1-4H3. The molecule has 0 fully saturated rings. The molecule has 1 N–H and O–H groups in total. The van der Waals surface area contributed by atoms with Crippen LogP contribution < -0.4 is 14.4 Å². The summed E-state index contributed by atoms with van der Waals surface area (Å²) in [5.74, 6) is 0.458. The van der Waals surface area contributed by atoms with Gasteiger partial charge in [0.15, 0.2) is 0 Å². The molecule has 26 heavy (non-hydrogen) atoms. The third-order valence-electron chi connectivity index (χ3n) is 4.38. The predicted octanol–water partition coefficient (Wildman–Crippen LogP) is 3.18. The van der Waals surface area contributed by atoms with Gasteiger partial charge in [-0.15, -0.1) is 0 Å². The van der Waals surface area contributed by atoms with Gasteiger partial charge in [-0.1, -0.05) is 17.7 Å². The molecule has 1 aliphatic heterocycles. The van der Waals surface area contributed by atoms with Crippen LogP contribution in [0.1, 0.15) is 19.4 Å². The number of anilines is 2. The van der Waals surface area contributed by atoms with Gasteiger partial charge in [0.05, 0.1) is 21.7 Å². The van der Waals surface area contributed by atoms with Crippen molar-refractivity contribution >= 4 is 27.3 Å². The van der Waals surface area contributed by atoms with Crippen LogP contribution in [0.5, 0.6) is 5.75 Å². The smallest absolute Gasteiger partial charge is 0.261 e. The molecule has 0 atom stereocenters. The van der Waals surface area contributed by atoms with Gasteiger partial charge in [-0.3, -0.25) is 9.52 Å². The molecule has 2 aromatic rings. The summed E-state index contributed by atoms with van der Waals surface area (Å²) in [6.07, 6.45) is 0. The lowest BCUT2D eigenvalue weighted by Crippen LogP contribution is -2.39. The predicted molar refractivity (Wildman–Crippen MR) is 101 cm³/mol. The summed E-state index contributed by atoms with van der Waals surface area (Å²) < 4.78 is 33.5. The first-order valence-electron chi connectivity index (χ1n) is 8.25. The molecule has 1 aliphatic rings. The van der Waals surface area contributed by atoms with E-state index in [9.17, 15) is 13.2 Å². The average molecular weight is 374 g/mol. The number of amides is 1. The van der Waals surface area contributed by atoms with Crippen molar-refractivity contribution in [1.82, 2.24) is 0 Å². The average Bonchev–Trinajstić information content (AvgIpc) is 2.66. The van der Waals surface area contributed by atoms with Gasteiger partial charge in [-0.25, -0.2) is 8.42 Å². The number of rotatable bonds is 3. The normalized spacial score (nSPS) is 16.5. The maximum absolute atomic E-state index is 12.6. The van der Waals surface area contributed by atoms with Crippen molar-refractivity contribution in [2.24, 2.45) is 5.41 Å². The number of hydrogen-bond acceptors (Lipinski definition) is 4. The van der Waals surface area contributed by atoms with Crippen molar-refractivity contribution in [1.29, 1.82) is 0 Å². The van der Waals surface area contributed by atoms with Gasteiger partial charge in [-0.2, -0.15) is 0 Å². The molecule has 3 rings (SSSR count). The van der Waals surface area contributed by atoms with Gasteiger partial charge < -0.3 is 9.64 Å². The van der Waals surface area contributed by atoms with E-state index < -0.39 is 15.4 Å². The van der Waals surface area contributed by atoms with Crippen molar-refractivity contribution in [2.75, 3.05) is 23.3 Å². The number of carbonyl (C=O) groups excluding carboxylic acids is 1. The molecule has 7 heteroatoms. The topological polar surface area (TPSA) is 75.7 Å². The Bertz CT molecular complexity index is 950. The number of ether oxygens (including phenoxy) is 1. The SMILES string of the molecule is Cc1ccc(S(=O)(=O)Nc2ccc3c(c2)N(C)C(=O)C(C)(C)CO3)cc1. The van der Waals surface area contributed by atoms with E-state index in [1.807, 2.05) is 20.8 Å². The summed E-state index contributed by atoms with van der Waals surface area (Å²) >= 11 is 0. The Kier molecular flexibility index (Phi) is 4.44. The van der Waals surface area contributed by atoms with Crippen LogP contribution in [0.15, 0.2) is 47.4 Å². The monoisotopic (exact) mass is 374 g/mol. The Labute approximate surface area is 153 Å². The first kappa shape index (κ1) is 18.3. The number of hydrogen-bond donors (Lipinski definition) is 1. The summed E-state index contributed by atoms with van der Waals surface area (Å²) in [5.41, 5.74) is 1.22. The van der Waals surface area contributed by atoms with Crippen LogP contribution in [0.3, 0.4) is 0 Å². The molecule has 1 heterocycles. The Hall–Kier alpha value is -2.54. The van der Waals surface area contributed by atoms with E-state index in [2.05, 4.69) is 4.72 Å². The highest BCUT2D eigenvalue weighted by molar-refractivity contribution is 7.92. The van der Waals surface area contributed by atoms with Gasteiger partial charge in [0.2, 0.25) is 5.91 Å². The molecular weight excluding hydrogens is 352 g/mol. The van der Waals surface area contributed by atoms with Crippen LogP contribution in [0.2, 0.25) is 0 Å². The highest BCUT2D eigenvalue weighted by Gasteiger charge is 2.36. The Morgan fingerprint density at radius 2 is 1.77 bits per heavy atom.